The monoisotopic (exact) mass is 279 g/mol. The Kier molecular flexibility index (Phi) is 2.83. The summed E-state index contributed by atoms with van der Waals surface area (Å²) in [5.41, 5.74) is 7.70. The summed E-state index contributed by atoms with van der Waals surface area (Å²) in [7, 11) is 0. The molecular weight excluding hydrogens is 270 g/mol. The van der Waals surface area contributed by atoms with Crippen LogP contribution in [0.15, 0.2) is 39.4 Å². The Morgan fingerprint density at radius 1 is 1.38 bits per heavy atom. The van der Waals surface area contributed by atoms with Crippen molar-refractivity contribution in [2.75, 3.05) is 5.73 Å². The van der Waals surface area contributed by atoms with Gasteiger partial charge in [-0.15, -0.1) is 0 Å². The quantitative estimate of drug-likeness (QED) is 0.679. The summed E-state index contributed by atoms with van der Waals surface area (Å²) in [4.78, 5) is 12.1. The van der Waals surface area contributed by atoms with E-state index in [1.165, 1.54) is 6.26 Å². The van der Waals surface area contributed by atoms with Crippen LogP contribution in [0.5, 0.6) is 0 Å². The Morgan fingerprint density at radius 3 is 2.75 bits per heavy atom. The van der Waals surface area contributed by atoms with Crippen LogP contribution in [-0.4, -0.2) is 5.78 Å². The second-order valence-electron chi connectivity index (χ2n) is 3.45. The van der Waals surface area contributed by atoms with Crippen molar-refractivity contribution in [3.8, 4) is 0 Å². The third-order valence-corrected chi connectivity index (χ3v) is 3.07. The van der Waals surface area contributed by atoms with E-state index in [-0.39, 0.29) is 5.78 Å². The van der Waals surface area contributed by atoms with Crippen molar-refractivity contribution in [3.05, 3.63) is 51.9 Å². The smallest absolute Gasteiger partial charge is 0.229 e. The third-order valence-electron chi connectivity index (χ3n) is 2.44. The van der Waals surface area contributed by atoms with Crippen LogP contribution in [0.25, 0.3) is 0 Å². The molecule has 0 fully saturated rings. The highest BCUT2D eigenvalue weighted by molar-refractivity contribution is 9.10. The number of furan rings is 1. The van der Waals surface area contributed by atoms with E-state index >= 15 is 0 Å². The van der Waals surface area contributed by atoms with E-state index in [1.807, 2.05) is 6.92 Å². The van der Waals surface area contributed by atoms with Crippen molar-refractivity contribution >= 4 is 27.4 Å². The van der Waals surface area contributed by atoms with Crippen molar-refractivity contribution in [3.63, 3.8) is 0 Å². The maximum absolute atomic E-state index is 12.1. The summed E-state index contributed by atoms with van der Waals surface area (Å²) >= 11 is 3.26. The van der Waals surface area contributed by atoms with E-state index < -0.39 is 0 Å². The molecule has 2 aromatic rings. The predicted octanol–water partition coefficient (Wildman–Crippen LogP) is 3.16. The van der Waals surface area contributed by atoms with Gasteiger partial charge in [-0.2, -0.15) is 0 Å². The number of hydrogen-bond donors (Lipinski definition) is 1. The number of rotatable bonds is 2. The van der Waals surface area contributed by atoms with Crippen LogP contribution in [0, 0.1) is 6.92 Å². The zero-order chi connectivity index (χ0) is 11.7. The molecule has 1 aromatic carbocycles. The van der Waals surface area contributed by atoms with Gasteiger partial charge in [0.2, 0.25) is 5.78 Å². The molecule has 1 heterocycles. The Hall–Kier alpha value is -1.55. The molecule has 0 amide bonds. The molecular formula is C12H10BrNO2. The minimum Gasteiger partial charge on any atom is -0.460 e. The third kappa shape index (κ3) is 1.76. The molecule has 1 aromatic heterocycles. The molecule has 0 atom stereocenters. The normalized spacial score (nSPS) is 10.4. The van der Waals surface area contributed by atoms with Crippen LogP contribution in [0.1, 0.15) is 21.7 Å². The largest absolute Gasteiger partial charge is 0.460 e. The first-order valence-electron chi connectivity index (χ1n) is 4.74. The number of benzene rings is 1. The molecule has 0 bridgehead atoms. The Labute approximate surface area is 101 Å². The molecule has 0 saturated carbocycles. The lowest BCUT2D eigenvalue weighted by atomic mass is 10.0. The molecule has 2 rings (SSSR count). The Bertz CT molecular complexity index is 546. The van der Waals surface area contributed by atoms with Gasteiger partial charge in [-0.3, -0.25) is 4.79 Å². The second-order valence-corrected chi connectivity index (χ2v) is 4.30. The highest BCUT2D eigenvalue weighted by Crippen LogP contribution is 2.24. The number of ketones is 1. The van der Waals surface area contributed by atoms with E-state index in [9.17, 15) is 4.79 Å². The summed E-state index contributed by atoms with van der Waals surface area (Å²) in [5, 5.41) is 0. The average molecular weight is 280 g/mol. The van der Waals surface area contributed by atoms with E-state index in [0.717, 1.165) is 5.56 Å². The fraction of sp³-hybridized carbons (Fsp3) is 0.0833. The SMILES string of the molecule is Cc1c(N)cccc1C(=O)c1occc1Br. The standard InChI is InChI=1S/C12H10BrNO2/c1-7-8(3-2-4-10(7)14)11(15)12-9(13)5-6-16-12/h2-6H,14H2,1H3. The summed E-state index contributed by atoms with van der Waals surface area (Å²) in [5.74, 6) is 0.135. The van der Waals surface area contributed by atoms with Gasteiger partial charge in [0.1, 0.15) is 0 Å². The van der Waals surface area contributed by atoms with Crippen molar-refractivity contribution in [2.45, 2.75) is 6.92 Å². The molecule has 3 nitrogen and oxygen atoms in total. The first-order chi connectivity index (χ1) is 7.61. The first-order valence-corrected chi connectivity index (χ1v) is 5.53. The van der Waals surface area contributed by atoms with Crippen LogP contribution in [-0.2, 0) is 0 Å². The van der Waals surface area contributed by atoms with Crippen molar-refractivity contribution in [2.24, 2.45) is 0 Å². The van der Waals surface area contributed by atoms with Gasteiger partial charge in [0.25, 0.3) is 0 Å². The number of hydrogen-bond acceptors (Lipinski definition) is 3. The van der Waals surface area contributed by atoms with Gasteiger partial charge in [-0.05, 0) is 40.5 Å². The van der Waals surface area contributed by atoms with Gasteiger partial charge < -0.3 is 10.2 Å². The van der Waals surface area contributed by atoms with E-state index in [1.54, 1.807) is 24.3 Å². The number of carbonyl (C=O) groups excluding carboxylic acids is 1. The molecule has 0 aliphatic rings. The number of carbonyl (C=O) groups is 1. The molecule has 2 N–H and O–H groups in total. The molecule has 0 unspecified atom stereocenters. The minimum absolute atomic E-state index is 0.165. The lowest BCUT2D eigenvalue weighted by molar-refractivity contribution is 0.101. The maximum Gasteiger partial charge on any atom is 0.229 e. The van der Waals surface area contributed by atoms with E-state index in [0.29, 0.717) is 21.5 Å². The summed E-state index contributed by atoms with van der Waals surface area (Å²) in [6.45, 7) is 1.82. The van der Waals surface area contributed by atoms with Crippen molar-refractivity contribution in [1.29, 1.82) is 0 Å². The number of nitrogen functional groups attached to an aromatic ring is 1. The van der Waals surface area contributed by atoms with Crippen LogP contribution in [0.3, 0.4) is 0 Å². The van der Waals surface area contributed by atoms with Gasteiger partial charge in [0.15, 0.2) is 5.76 Å². The minimum atomic E-state index is -0.165. The fourth-order valence-electron chi connectivity index (χ4n) is 1.48. The molecule has 16 heavy (non-hydrogen) atoms. The van der Waals surface area contributed by atoms with Gasteiger partial charge in [-0.1, -0.05) is 12.1 Å². The average Bonchev–Trinajstić information content (AvgIpc) is 2.68. The highest BCUT2D eigenvalue weighted by Gasteiger charge is 2.18. The summed E-state index contributed by atoms with van der Waals surface area (Å²) < 4.78 is 5.79. The predicted molar refractivity (Wildman–Crippen MR) is 65.4 cm³/mol. The second kappa shape index (κ2) is 4.14. The van der Waals surface area contributed by atoms with Gasteiger partial charge in [0.05, 0.1) is 10.7 Å². The fourth-order valence-corrected chi connectivity index (χ4v) is 1.86. The van der Waals surface area contributed by atoms with Crippen molar-refractivity contribution in [1.82, 2.24) is 0 Å². The lowest BCUT2D eigenvalue weighted by Gasteiger charge is -2.05. The molecule has 0 aliphatic carbocycles. The number of nitrogens with two attached hydrogens (primary N) is 1. The number of halogens is 1. The molecule has 0 aliphatic heterocycles. The van der Waals surface area contributed by atoms with Crippen molar-refractivity contribution < 1.29 is 9.21 Å². The van der Waals surface area contributed by atoms with E-state index in [4.69, 9.17) is 10.2 Å². The van der Waals surface area contributed by atoms with Crippen LogP contribution < -0.4 is 5.73 Å². The molecule has 4 heteroatoms. The Morgan fingerprint density at radius 2 is 2.12 bits per heavy atom. The molecule has 82 valence electrons. The first kappa shape index (κ1) is 11.0. The Balaban J connectivity index is 2.50. The zero-order valence-corrected chi connectivity index (χ0v) is 10.2. The lowest BCUT2D eigenvalue weighted by Crippen LogP contribution is -2.05. The van der Waals surface area contributed by atoms with Crippen LogP contribution in [0.2, 0.25) is 0 Å². The van der Waals surface area contributed by atoms with Gasteiger partial charge >= 0.3 is 0 Å². The molecule has 0 spiro atoms. The van der Waals surface area contributed by atoms with Gasteiger partial charge in [0, 0.05) is 11.3 Å². The number of anilines is 1. The summed E-state index contributed by atoms with van der Waals surface area (Å²) in [6.07, 6.45) is 1.47. The van der Waals surface area contributed by atoms with Crippen LogP contribution in [0.4, 0.5) is 5.69 Å². The zero-order valence-electron chi connectivity index (χ0n) is 8.66. The molecule has 0 saturated heterocycles. The maximum atomic E-state index is 12.1. The highest BCUT2D eigenvalue weighted by atomic mass is 79.9. The van der Waals surface area contributed by atoms with Gasteiger partial charge in [-0.25, -0.2) is 0 Å². The van der Waals surface area contributed by atoms with E-state index in [2.05, 4.69) is 15.9 Å². The molecule has 0 radical (unpaired) electrons. The van der Waals surface area contributed by atoms with Crippen LogP contribution >= 0.6 is 15.9 Å². The topological polar surface area (TPSA) is 56.2 Å². The summed E-state index contributed by atoms with van der Waals surface area (Å²) in [6, 6.07) is 6.95.